The SMILES string of the molecule is CCN(CC)CCCNC1CC[N]CC1. The molecule has 0 aromatic heterocycles. The molecule has 0 amide bonds. The molecule has 15 heavy (non-hydrogen) atoms. The molecule has 89 valence electrons. The zero-order valence-corrected chi connectivity index (χ0v) is 10.3. The molecule has 1 heterocycles. The number of hydrogen-bond donors (Lipinski definition) is 1. The van der Waals surface area contributed by atoms with Gasteiger partial charge in [-0.1, -0.05) is 13.8 Å². The standard InChI is InChI=1S/C12H26N3/c1-3-15(4-2)11-5-8-14-12-6-9-13-10-7-12/h12,14H,3-11H2,1-2H3. The fourth-order valence-electron chi connectivity index (χ4n) is 2.10. The minimum atomic E-state index is 0.735. The summed E-state index contributed by atoms with van der Waals surface area (Å²) >= 11 is 0. The molecule has 0 atom stereocenters. The van der Waals surface area contributed by atoms with E-state index in [0.717, 1.165) is 19.1 Å². The summed E-state index contributed by atoms with van der Waals surface area (Å²) in [5, 5.41) is 8.00. The second-order valence-corrected chi connectivity index (χ2v) is 4.28. The Morgan fingerprint density at radius 3 is 2.47 bits per heavy atom. The molecule has 3 heteroatoms. The minimum absolute atomic E-state index is 0.735. The molecule has 1 rings (SSSR count). The van der Waals surface area contributed by atoms with Crippen molar-refractivity contribution in [1.29, 1.82) is 0 Å². The number of nitrogens with one attached hydrogen (secondary N) is 1. The normalized spacial score (nSPS) is 18.6. The Bertz CT molecular complexity index is 140. The summed E-state index contributed by atoms with van der Waals surface area (Å²) in [5.41, 5.74) is 0. The summed E-state index contributed by atoms with van der Waals surface area (Å²) in [6, 6.07) is 0.735. The van der Waals surface area contributed by atoms with E-state index in [4.69, 9.17) is 0 Å². The Morgan fingerprint density at radius 2 is 1.87 bits per heavy atom. The first-order chi connectivity index (χ1) is 7.36. The molecule has 1 saturated heterocycles. The highest BCUT2D eigenvalue weighted by Crippen LogP contribution is 2.02. The van der Waals surface area contributed by atoms with Crippen molar-refractivity contribution < 1.29 is 0 Å². The van der Waals surface area contributed by atoms with Crippen molar-refractivity contribution in [3.8, 4) is 0 Å². The third-order valence-electron chi connectivity index (χ3n) is 3.25. The molecular formula is C12H26N3. The van der Waals surface area contributed by atoms with Gasteiger partial charge in [-0.15, -0.1) is 0 Å². The van der Waals surface area contributed by atoms with Gasteiger partial charge in [-0.3, -0.25) is 0 Å². The van der Waals surface area contributed by atoms with Crippen LogP contribution in [0.4, 0.5) is 0 Å². The molecule has 0 saturated carbocycles. The Morgan fingerprint density at radius 1 is 1.20 bits per heavy atom. The van der Waals surface area contributed by atoms with Gasteiger partial charge in [0.25, 0.3) is 0 Å². The fraction of sp³-hybridized carbons (Fsp3) is 1.00. The summed E-state index contributed by atoms with van der Waals surface area (Å²) in [6.45, 7) is 11.4. The molecule has 1 aliphatic heterocycles. The van der Waals surface area contributed by atoms with Gasteiger partial charge in [0.15, 0.2) is 0 Å². The highest BCUT2D eigenvalue weighted by molar-refractivity contribution is 4.73. The van der Waals surface area contributed by atoms with E-state index in [2.05, 4.69) is 29.4 Å². The largest absolute Gasteiger partial charge is 0.314 e. The van der Waals surface area contributed by atoms with Gasteiger partial charge >= 0.3 is 0 Å². The van der Waals surface area contributed by atoms with Crippen molar-refractivity contribution in [3.05, 3.63) is 0 Å². The number of nitrogens with zero attached hydrogens (tertiary/aromatic N) is 2. The van der Waals surface area contributed by atoms with Crippen LogP contribution in [-0.4, -0.2) is 50.2 Å². The van der Waals surface area contributed by atoms with Gasteiger partial charge in [-0.2, -0.15) is 0 Å². The Balaban J connectivity index is 1.95. The summed E-state index contributed by atoms with van der Waals surface area (Å²) in [4.78, 5) is 2.48. The predicted octanol–water partition coefficient (Wildman–Crippen LogP) is 1.07. The van der Waals surface area contributed by atoms with E-state index >= 15 is 0 Å². The van der Waals surface area contributed by atoms with Crippen LogP contribution >= 0.6 is 0 Å². The van der Waals surface area contributed by atoms with Crippen LogP contribution in [0.3, 0.4) is 0 Å². The van der Waals surface area contributed by atoms with E-state index in [1.165, 1.54) is 45.4 Å². The zero-order chi connectivity index (χ0) is 10.9. The maximum atomic E-state index is 4.36. The average Bonchev–Trinajstić information content (AvgIpc) is 2.31. The first-order valence-corrected chi connectivity index (χ1v) is 6.45. The van der Waals surface area contributed by atoms with Crippen molar-refractivity contribution in [1.82, 2.24) is 15.5 Å². The van der Waals surface area contributed by atoms with Gasteiger partial charge in [-0.25, -0.2) is 5.32 Å². The molecule has 0 unspecified atom stereocenters. The molecule has 1 fully saturated rings. The lowest BCUT2D eigenvalue weighted by Gasteiger charge is -2.23. The first kappa shape index (κ1) is 12.9. The minimum Gasteiger partial charge on any atom is -0.314 e. The van der Waals surface area contributed by atoms with Crippen molar-refractivity contribution in [2.45, 2.75) is 39.2 Å². The molecule has 0 spiro atoms. The molecule has 1 aliphatic rings. The number of hydrogen-bond acceptors (Lipinski definition) is 2. The highest BCUT2D eigenvalue weighted by atomic mass is 15.1. The van der Waals surface area contributed by atoms with E-state index in [1.54, 1.807) is 0 Å². The van der Waals surface area contributed by atoms with Crippen molar-refractivity contribution in [2.24, 2.45) is 0 Å². The number of rotatable bonds is 7. The van der Waals surface area contributed by atoms with Gasteiger partial charge in [-0.05, 0) is 45.4 Å². The lowest BCUT2D eigenvalue weighted by Crippen LogP contribution is -2.38. The van der Waals surface area contributed by atoms with Gasteiger partial charge < -0.3 is 10.2 Å². The third-order valence-corrected chi connectivity index (χ3v) is 3.25. The van der Waals surface area contributed by atoms with Crippen LogP contribution in [-0.2, 0) is 0 Å². The third kappa shape index (κ3) is 5.50. The van der Waals surface area contributed by atoms with Gasteiger partial charge in [0.1, 0.15) is 0 Å². The van der Waals surface area contributed by atoms with Crippen LogP contribution in [0.1, 0.15) is 33.1 Å². The Kier molecular flexibility index (Phi) is 6.98. The van der Waals surface area contributed by atoms with E-state index in [0.29, 0.717) is 0 Å². The maximum Gasteiger partial charge on any atom is 0.0148 e. The van der Waals surface area contributed by atoms with Crippen LogP contribution in [0.5, 0.6) is 0 Å². The van der Waals surface area contributed by atoms with Gasteiger partial charge in [0.2, 0.25) is 0 Å². The lowest BCUT2D eigenvalue weighted by molar-refractivity contribution is 0.291. The topological polar surface area (TPSA) is 29.4 Å². The van der Waals surface area contributed by atoms with Crippen molar-refractivity contribution >= 4 is 0 Å². The van der Waals surface area contributed by atoms with E-state index < -0.39 is 0 Å². The summed E-state index contributed by atoms with van der Waals surface area (Å²) in [6.07, 6.45) is 3.76. The maximum absolute atomic E-state index is 4.36. The Labute approximate surface area is 94.6 Å². The van der Waals surface area contributed by atoms with Gasteiger partial charge in [0, 0.05) is 19.1 Å². The summed E-state index contributed by atoms with van der Waals surface area (Å²) in [7, 11) is 0. The second-order valence-electron chi connectivity index (χ2n) is 4.28. The smallest absolute Gasteiger partial charge is 0.0148 e. The first-order valence-electron chi connectivity index (χ1n) is 6.45. The van der Waals surface area contributed by atoms with E-state index in [9.17, 15) is 0 Å². The highest BCUT2D eigenvalue weighted by Gasteiger charge is 2.12. The molecule has 0 aliphatic carbocycles. The second kappa shape index (κ2) is 8.08. The summed E-state index contributed by atoms with van der Waals surface area (Å²) < 4.78 is 0. The Hall–Kier alpha value is -0.120. The van der Waals surface area contributed by atoms with Crippen molar-refractivity contribution in [3.63, 3.8) is 0 Å². The van der Waals surface area contributed by atoms with Crippen LogP contribution in [0.2, 0.25) is 0 Å². The average molecular weight is 212 g/mol. The molecule has 1 N–H and O–H groups in total. The molecule has 1 radical (unpaired) electrons. The van der Waals surface area contributed by atoms with E-state index in [-0.39, 0.29) is 0 Å². The molecule has 0 bridgehead atoms. The molecule has 0 aromatic carbocycles. The quantitative estimate of drug-likeness (QED) is 0.640. The van der Waals surface area contributed by atoms with E-state index in [1.807, 2.05) is 0 Å². The molecular weight excluding hydrogens is 186 g/mol. The lowest BCUT2D eigenvalue weighted by atomic mass is 10.1. The van der Waals surface area contributed by atoms with Crippen LogP contribution in [0.25, 0.3) is 0 Å². The molecule has 0 aromatic rings. The predicted molar refractivity (Wildman–Crippen MR) is 65.3 cm³/mol. The number of piperidine rings is 1. The monoisotopic (exact) mass is 212 g/mol. The van der Waals surface area contributed by atoms with Crippen LogP contribution in [0.15, 0.2) is 0 Å². The van der Waals surface area contributed by atoms with Crippen LogP contribution in [0, 0.1) is 0 Å². The van der Waals surface area contributed by atoms with Crippen LogP contribution < -0.4 is 10.6 Å². The summed E-state index contributed by atoms with van der Waals surface area (Å²) in [5.74, 6) is 0. The zero-order valence-electron chi connectivity index (χ0n) is 10.3. The van der Waals surface area contributed by atoms with Gasteiger partial charge in [0.05, 0.1) is 0 Å². The van der Waals surface area contributed by atoms with Crippen molar-refractivity contribution in [2.75, 3.05) is 39.3 Å². The molecule has 3 nitrogen and oxygen atoms in total. The fourth-order valence-corrected chi connectivity index (χ4v) is 2.10.